The van der Waals surface area contributed by atoms with E-state index in [0.717, 1.165) is 30.5 Å². The molecule has 2 aliphatic rings. The van der Waals surface area contributed by atoms with E-state index in [0.29, 0.717) is 25.1 Å². The predicted octanol–water partition coefficient (Wildman–Crippen LogP) is 2.83. The lowest BCUT2D eigenvalue weighted by molar-refractivity contribution is -0.144. The SMILES string of the molecule is CC1CCN(C(=O)c2nn(-c3ccccc3F)c3c2CCC3)C(C(=O)O)C1. The van der Waals surface area contributed by atoms with E-state index in [1.54, 1.807) is 18.2 Å². The summed E-state index contributed by atoms with van der Waals surface area (Å²) >= 11 is 0. The van der Waals surface area contributed by atoms with Crippen molar-refractivity contribution in [2.24, 2.45) is 5.92 Å². The molecule has 1 aromatic heterocycles. The Kier molecular flexibility index (Phi) is 4.45. The number of benzene rings is 1. The topological polar surface area (TPSA) is 75.4 Å². The standard InChI is InChI=1S/C20H22FN3O3/c1-12-9-10-23(17(11-12)20(26)27)19(25)18-13-5-4-8-15(13)24(22-18)16-7-3-2-6-14(16)21/h2-3,6-7,12,17H,4-5,8-11H2,1H3,(H,26,27). The number of aliphatic carboxylic acids is 1. The van der Waals surface area contributed by atoms with Crippen LogP contribution in [0.1, 0.15) is 47.9 Å². The predicted molar refractivity (Wildman–Crippen MR) is 96.4 cm³/mol. The van der Waals surface area contributed by atoms with Crippen LogP contribution >= 0.6 is 0 Å². The molecule has 1 aromatic carbocycles. The number of hydrogen-bond donors (Lipinski definition) is 1. The van der Waals surface area contributed by atoms with Gasteiger partial charge in [0.25, 0.3) is 5.91 Å². The highest BCUT2D eigenvalue weighted by Crippen LogP contribution is 2.31. The van der Waals surface area contributed by atoms with Crippen LogP contribution in [0.3, 0.4) is 0 Å². The number of hydrogen-bond acceptors (Lipinski definition) is 3. The fourth-order valence-corrected chi connectivity index (χ4v) is 4.19. The van der Waals surface area contributed by atoms with E-state index in [1.165, 1.54) is 15.6 Å². The summed E-state index contributed by atoms with van der Waals surface area (Å²) in [5, 5.41) is 14.0. The van der Waals surface area contributed by atoms with Gasteiger partial charge in [0.1, 0.15) is 17.5 Å². The maximum absolute atomic E-state index is 14.3. The third-order valence-electron chi connectivity index (χ3n) is 5.62. The van der Waals surface area contributed by atoms with E-state index in [9.17, 15) is 19.1 Å². The summed E-state index contributed by atoms with van der Waals surface area (Å²) in [5.41, 5.74) is 2.26. The number of carbonyl (C=O) groups excluding carboxylic acids is 1. The van der Waals surface area contributed by atoms with E-state index in [2.05, 4.69) is 5.10 Å². The van der Waals surface area contributed by atoms with Gasteiger partial charge in [0.2, 0.25) is 0 Å². The molecule has 2 atom stereocenters. The number of amides is 1. The highest BCUT2D eigenvalue weighted by Gasteiger charge is 2.38. The molecule has 6 nitrogen and oxygen atoms in total. The third kappa shape index (κ3) is 3.01. The number of fused-ring (bicyclic) bond motifs is 1. The van der Waals surface area contributed by atoms with E-state index in [-0.39, 0.29) is 17.5 Å². The van der Waals surface area contributed by atoms with Gasteiger partial charge >= 0.3 is 5.97 Å². The van der Waals surface area contributed by atoms with Gasteiger partial charge in [0.15, 0.2) is 5.69 Å². The average molecular weight is 371 g/mol. The highest BCUT2D eigenvalue weighted by molar-refractivity contribution is 5.96. The summed E-state index contributed by atoms with van der Waals surface area (Å²) in [4.78, 5) is 26.3. The summed E-state index contributed by atoms with van der Waals surface area (Å²) in [6.07, 6.45) is 3.51. The number of likely N-dealkylation sites (tertiary alicyclic amines) is 1. The van der Waals surface area contributed by atoms with Gasteiger partial charge in [-0.3, -0.25) is 4.79 Å². The minimum absolute atomic E-state index is 0.261. The number of nitrogens with zero attached hydrogens (tertiary/aromatic N) is 3. The molecular formula is C20H22FN3O3. The quantitative estimate of drug-likeness (QED) is 0.900. The van der Waals surface area contributed by atoms with E-state index in [1.807, 2.05) is 6.92 Å². The monoisotopic (exact) mass is 371 g/mol. The molecule has 0 radical (unpaired) electrons. The fourth-order valence-electron chi connectivity index (χ4n) is 4.19. The molecule has 27 heavy (non-hydrogen) atoms. The number of carboxylic acids is 1. The summed E-state index contributed by atoms with van der Waals surface area (Å²) in [7, 11) is 0. The number of rotatable bonds is 3. The second-order valence-corrected chi connectivity index (χ2v) is 7.47. The smallest absolute Gasteiger partial charge is 0.326 e. The number of piperidine rings is 1. The first-order chi connectivity index (χ1) is 13.0. The largest absolute Gasteiger partial charge is 0.480 e. The second-order valence-electron chi connectivity index (χ2n) is 7.47. The zero-order valence-electron chi connectivity index (χ0n) is 15.2. The minimum Gasteiger partial charge on any atom is -0.480 e. The first-order valence-corrected chi connectivity index (χ1v) is 9.36. The van der Waals surface area contributed by atoms with Gasteiger partial charge in [0, 0.05) is 17.8 Å². The van der Waals surface area contributed by atoms with Crippen LogP contribution in [-0.4, -0.2) is 44.3 Å². The van der Waals surface area contributed by atoms with Gasteiger partial charge in [-0.15, -0.1) is 0 Å². The van der Waals surface area contributed by atoms with Crippen LogP contribution < -0.4 is 0 Å². The summed E-state index contributed by atoms with van der Waals surface area (Å²) in [5.74, 6) is -1.48. The Morgan fingerprint density at radius 1 is 1.26 bits per heavy atom. The Hall–Kier alpha value is -2.70. The molecule has 142 valence electrons. The van der Waals surface area contributed by atoms with Gasteiger partial charge in [0.05, 0.1) is 0 Å². The zero-order valence-corrected chi connectivity index (χ0v) is 15.2. The van der Waals surface area contributed by atoms with Crippen LogP contribution in [0.15, 0.2) is 24.3 Å². The number of para-hydroxylation sites is 1. The fraction of sp³-hybridized carbons (Fsp3) is 0.450. The van der Waals surface area contributed by atoms with Crippen LogP contribution in [0.25, 0.3) is 5.69 Å². The van der Waals surface area contributed by atoms with Crippen molar-refractivity contribution in [3.05, 3.63) is 47.0 Å². The van der Waals surface area contributed by atoms with Crippen LogP contribution in [-0.2, 0) is 17.6 Å². The van der Waals surface area contributed by atoms with Crippen LogP contribution in [0.5, 0.6) is 0 Å². The molecule has 1 amide bonds. The number of aromatic nitrogens is 2. The van der Waals surface area contributed by atoms with Crippen molar-refractivity contribution in [3.63, 3.8) is 0 Å². The molecule has 0 bridgehead atoms. The summed E-state index contributed by atoms with van der Waals surface area (Å²) < 4.78 is 15.8. The maximum atomic E-state index is 14.3. The molecule has 0 spiro atoms. The molecule has 0 saturated carbocycles. The first kappa shape index (κ1) is 17.7. The van der Waals surface area contributed by atoms with Crippen LogP contribution in [0, 0.1) is 11.7 Å². The molecule has 1 aliphatic carbocycles. The van der Waals surface area contributed by atoms with Crippen molar-refractivity contribution >= 4 is 11.9 Å². The van der Waals surface area contributed by atoms with Crippen molar-refractivity contribution in [2.75, 3.05) is 6.54 Å². The molecule has 1 N–H and O–H groups in total. The van der Waals surface area contributed by atoms with Crippen molar-refractivity contribution in [3.8, 4) is 5.69 Å². The minimum atomic E-state index is -0.986. The Labute approximate surface area is 156 Å². The Morgan fingerprint density at radius 2 is 2.04 bits per heavy atom. The Bertz CT molecular complexity index is 908. The summed E-state index contributed by atoms with van der Waals surface area (Å²) in [6, 6.07) is 5.51. The highest BCUT2D eigenvalue weighted by atomic mass is 19.1. The lowest BCUT2D eigenvalue weighted by Gasteiger charge is -2.35. The number of carboxylic acid groups (broad SMARTS) is 1. The average Bonchev–Trinajstić information content (AvgIpc) is 3.24. The van der Waals surface area contributed by atoms with Crippen LogP contribution in [0.4, 0.5) is 4.39 Å². The van der Waals surface area contributed by atoms with E-state index < -0.39 is 17.8 Å². The van der Waals surface area contributed by atoms with E-state index in [4.69, 9.17) is 0 Å². The molecule has 2 aromatic rings. The Morgan fingerprint density at radius 3 is 2.78 bits per heavy atom. The van der Waals surface area contributed by atoms with Gasteiger partial charge in [-0.2, -0.15) is 5.10 Å². The van der Waals surface area contributed by atoms with Crippen molar-refractivity contribution in [1.82, 2.24) is 14.7 Å². The number of carbonyl (C=O) groups is 2. The van der Waals surface area contributed by atoms with E-state index >= 15 is 0 Å². The lowest BCUT2D eigenvalue weighted by atomic mass is 9.92. The van der Waals surface area contributed by atoms with Crippen molar-refractivity contribution < 1.29 is 19.1 Å². The Balaban J connectivity index is 1.74. The molecule has 1 saturated heterocycles. The van der Waals surface area contributed by atoms with Gasteiger partial charge in [-0.25, -0.2) is 13.9 Å². The molecule has 2 heterocycles. The van der Waals surface area contributed by atoms with Crippen molar-refractivity contribution in [1.29, 1.82) is 0 Å². The molecule has 1 aliphatic heterocycles. The maximum Gasteiger partial charge on any atom is 0.326 e. The molecular weight excluding hydrogens is 349 g/mol. The third-order valence-corrected chi connectivity index (χ3v) is 5.62. The second kappa shape index (κ2) is 6.79. The molecule has 1 fully saturated rings. The van der Waals surface area contributed by atoms with Crippen molar-refractivity contribution in [2.45, 2.75) is 45.1 Å². The van der Waals surface area contributed by atoms with Gasteiger partial charge in [-0.1, -0.05) is 19.1 Å². The molecule has 2 unspecified atom stereocenters. The summed E-state index contributed by atoms with van der Waals surface area (Å²) in [6.45, 7) is 2.40. The lowest BCUT2D eigenvalue weighted by Crippen LogP contribution is -2.50. The normalized spacial score (nSPS) is 21.9. The zero-order chi connectivity index (χ0) is 19.1. The van der Waals surface area contributed by atoms with Gasteiger partial charge < -0.3 is 10.0 Å². The molecule has 4 rings (SSSR count). The van der Waals surface area contributed by atoms with Crippen LogP contribution in [0.2, 0.25) is 0 Å². The number of halogens is 1. The first-order valence-electron chi connectivity index (χ1n) is 9.36. The van der Waals surface area contributed by atoms with Gasteiger partial charge in [-0.05, 0) is 50.2 Å². The molecule has 7 heteroatoms.